The summed E-state index contributed by atoms with van der Waals surface area (Å²) in [6.07, 6.45) is 1.62. The first-order valence-corrected chi connectivity index (χ1v) is 9.35. The molecule has 2 aromatic carbocycles. The third kappa shape index (κ3) is 4.74. The Morgan fingerprint density at radius 2 is 1.89 bits per heavy atom. The van der Waals surface area contributed by atoms with E-state index in [1.165, 1.54) is 0 Å². The molecular formula is C21H19Cl2N3O2. The number of hydrogen-bond donors (Lipinski definition) is 1. The third-order valence-corrected chi connectivity index (χ3v) is 4.66. The van der Waals surface area contributed by atoms with E-state index in [9.17, 15) is 4.79 Å². The molecule has 0 unspecified atom stereocenters. The summed E-state index contributed by atoms with van der Waals surface area (Å²) in [6, 6.07) is 16.9. The van der Waals surface area contributed by atoms with Crippen LogP contribution in [-0.2, 0) is 4.79 Å². The second-order valence-corrected chi connectivity index (χ2v) is 7.00. The molecule has 3 aromatic rings. The Labute approximate surface area is 173 Å². The van der Waals surface area contributed by atoms with Crippen molar-refractivity contribution < 1.29 is 9.53 Å². The van der Waals surface area contributed by atoms with E-state index in [4.69, 9.17) is 27.9 Å². The topological polar surface area (TPSA) is 55.6 Å². The van der Waals surface area contributed by atoms with Gasteiger partial charge < -0.3 is 9.30 Å². The third-order valence-electron chi connectivity index (χ3n) is 4.13. The van der Waals surface area contributed by atoms with E-state index in [0.29, 0.717) is 15.8 Å². The maximum Gasteiger partial charge on any atom is 0.277 e. The van der Waals surface area contributed by atoms with Gasteiger partial charge in [0.15, 0.2) is 6.61 Å². The van der Waals surface area contributed by atoms with Crippen LogP contribution >= 0.6 is 23.2 Å². The number of aryl methyl sites for hydroxylation is 1. The van der Waals surface area contributed by atoms with Crippen molar-refractivity contribution in [3.63, 3.8) is 0 Å². The molecule has 7 heteroatoms. The average molecular weight is 416 g/mol. The molecule has 0 saturated heterocycles. The van der Waals surface area contributed by atoms with Crippen molar-refractivity contribution in [2.24, 2.45) is 5.10 Å². The summed E-state index contributed by atoms with van der Waals surface area (Å²) in [5, 5.41) is 4.87. The molecule has 1 amide bonds. The summed E-state index contributed by atoms with van der Waals surface area (Å²) in [7, 11) is 0. The molecule has 1 heterocycles. The Balaban J connectivity index is 1.61. The lowest BCUT2D eigenvalue weighted by Gasteiger charge is -2.09. The molecule has 0 aliphatic rings. The van der Waals surface area contributed by atoms with Crippen LogP contribution in [-0.4, -0.2) is 23.3 Å². The molecule has 3 rings (SSSR count). The minimum absolute atomic E-state index is 0.207. The number of amides is 1. The number of hydrogen-bond acceptors (Lipinski definition) is 3. The summed E-state index contributed by atoms with van der Waals surface area (Å²) in [6.45, 7) is 3.83. The predicted molar refractivity (Wildman–Crippen MR) is 113 cm³/mol. The highest BCUT2D eigenvalue weighted by Gasteiger charge is 2.09. The number of ether oxygens (including phenoxy) is 1. The van der Waals surface area contributed by atoms with E-state index >= 15 is 0 Å². The zero-order valence-electron chi connectivity index (χ0n) is 15.4. The normalized spacial score (nSPS) is 11.0. The smallest absolute Gasteiger partial charge is 0.277 e. The summed E-state index contributed by atoms with van der Waals surface area (Å²) in [5.41, 5.74) is 6.57. The highest BCUT2D eigenvalue weighted by atomic mass is 35.5. The molecule has 0 spiro atoms. The molecule has 28 heavy (non-hydrogen) atoms. The number of para-hydroxylation sites is 1. The number of halogens is 2. The molecule has 144 valence electrons. The maximum atomic E-state index is 11.9. The number of benzene rings is 2. The molecule has 0 bridgehead atoms. The lowest BCUT2D eigenvalue weighted by Crippen LogP contribution is -2.24. The van der Waals surface area contributed by atoms with Crippen LogP contribution in [0.4, 0.5) is 0 Å². The van der Waals surface area contributed by atoms with Crippen LogP contribution in [0.3, 0.4) is 0 Å². The second-order valence-electron chi connectivity index (χ2n) is 6.15. The van der Waals surface area contributed by atoms with E-state index < -0.39 is 0 Å². The number of carbonyl (C=O) groups excluding carboxylic acids is 1. The highest BCUT2D eigenvalue weighted by Crippen LogP contribution is 2.27. The molecular weight excluding hydrogens is 397 g/mol. The molecule has 0 atom stereocenters. The van der Waals surface area contributed by atoms with Gasteiger partial charge in [0.05, 0.1) is 11.2 Å². The summed E-state index contributed by atoms with van der Waals surface area (Å²) >= 11 is 11.8. The fourth-order valence-electron chi connectivity index (χ4n) is 2.83. The van der Waals surface area contributed by atoms with Gasteiger partial charge in [0, 0.05) is 27.7 Å². The van der Waals surface area contributed by atoms with Gasteiger partial charge in [-0.05, 0) is 50.2 Å². The standard InChI is InChI=1S/C21H19Cl2N3O2/c1-14-10-16(15(2)26(14)18-6-4-3-5-7-18)12-24-25-21(27)13-28-20-9-8-17(22)11-19(20)23/h3-12H,13H2,1-2H3,(H,25,27)/b24-12+. The Morgan fingerprint density at radius 1 is 1.14 bits per heavy atom. The van der Waals surface area contributed by atoms with E-state index in [1.807, 2.05) is 50.2 Å². The zero-order chi connectivity index (χ0) is 20.1. The van der Waals surface area contributed by atoms with Crippen molar-refractivity contribution in [3.05, 3.63) is 81.6 Å². The first kappa shape index (κ1) is 20.0. The number of hydrazone groups is 1. The SMILES string of the molecule is Cc1cc(/C=N/NC(=O)COc2ccc(Cl)cc2Cl)c(C)n1-c1ccccc1. The minimum Gasteiger partial charge on any atom is -0.482 e. The van der Waals surface area contributed by atoms with E-state index in [-0.39, 0.29) is 12.5 Å². The first-order chi connectivity index (χ1) is 13.5. The fraction of sp³-hybridized carbons (Fsp3) is 0.143. The van der Waals surface area contributed by atoms with Crippen LogP contribution < -0.4 is 10.2 Å². The van der Waals surface area contributed by atoms with Crippen molar-refractivity contribution in [1.82, 2.24) is 9.99 Å². The van der Waals surface area contributed by atoms with Gasteiger partial charge in [0.1, 0.15) is 5.75 Å². The van der Waals surface area contributed by atoms with Gasteiger partial charge in [-0.15, -0.1) is 0 Å². The highest BCUT2D eigenvalue weighted by molar-refractivity contribution is 6.35. The lowest BCUT2D eigenvalue weighted by atomic mass is 10.2. The molecule has 1 aromatic heterocycles. The Morgan fingerprint density at radius 3 is 2.61 bits per heavy atom. The molecule has 0 fully saturated rings. The summed E-state index contributed by atoms with van der Waals surface area (Å²) < 4.78 is 7.51. The molecule has 0 radical (unpaired) electrons. The van der Waals surface area contributed by atoms with Gasteiger partial charge in [-0.2, -0.15) is 5.10 Å². The van der Waals surface area contributed by atoms with E-state index in [1.54, 1.807) is 24.4 Å². The molecule has 0 aliphatic heterocycles. The van der Waals surface area contributed by atoms with E-state index in [0.717, 1.165) is 22.6 Å². The maximum absolute atomic E-state index is 11.9. The zero-order valence-corrected chi connectivity index (χ0v) is 17.0. The van der Waals surface area contributed by atoms with Crippen molar-refractivity contribution in [1.29, 1.82) is 0 Å². The van der Waals surface area contributed by atoms with Crippen molar-refractivity contribution in [3.8, 4) is 11.4 Å². The van der Waals surface area contributed by atoms with Gasteiger partial charge in [-0.1, -0.05) is 41.4 Å². The van der Waals surface area contributed by atoms with Crippen LogP contribution in [0.5, 0.6) is 5.75 Å². The van der Waals surface area contributed by atoms with E-state index in [2.05, 4.69) is 15.1 Å². The number of rotatable bonds is 6. The molecule has 0 aliphatic carbocycles. The van der Waals surface area contributed by atoms with Crippen LogP contribution in [0.1, 0.15) is 17.0 Å². The molecule has 0 saturated carbocycles. The second kappa shape index (κ2) is 8.95. The summed E-state index contributed by atoms with van der Waals surface area (Å²) in [5.74, 6) is -0.00395. The molecule has 5 nitrogen and oxygen atoms in total. The summed E-state index contributed by atoms with van der Waals surface area (Å²) in [4.78, 5) is 11.9. The first-order valence-electron chi connectivity index (χ1n) is 8.60. The molecule has 1 N–H and O–H groups in total. The van der Waals surface area contributed by atoms with Crippen LogP contribution in [0, 0.1) is 13.8 Å². The van der Waals surface area contributed by atoms with Crippen molar-refractivity contribution in [2.75, 3.05) is 6.61 Å². The van der Waals surface area contributed by atoms with Crippen LogP contribution in [0.25, 0.3) is 5.69 Å². The van der Waals surface area contributed by atoms with Gasteiger partial charge in [0.25, 0.3) is 5.91 Å². The van der Waals surface area contributed by atoms with Crippen molar-refractivity contribution >= 4 is 35.3 Å². The minimum atomic E-state index is -0.390. The van der Waals surface area contributed by atoms with Gasteiger partial charge in [-0.3, -0.25) is 4.79 Å². The van der Waals surface area contributed by atoms with Crippen LogP contribution in [0.15, 0.2) is 59.7 Å². The number of aromatic nitrogens is 1. The van der Waals surface area contributed by atoms with Crippen molar-refractivity contribution in [2.45, 2.75) is 13.8 Å². The van der Waals surface area contributed by atoms with Crippen LogP contribution in [0.2, 0.25) is 10.0 Å². The van der Waals surface area contributed by atoms with Gasteiger partial charge >= 0.3 is 0 Å². The quantitative estimate of drug-likeness (QED) is 0.458. The number of nitrogens with one attached hydrogen (secondary N) is 1. The van der Waals surface area contributed by atoms with Gasteiger partial charge in [-0.25, -0.2) is 5.43 Å². The number of carbonyl (C=O) groups is 1. The largest absolute Gasteiger partial charge is 0.482 e. The Bertz CT molecular complexity index is 1010. The predicted octanol–water partition coefficient (Wildman–Crippen LogP) is 4.93. The lowest BCUT2D eigenvalue weighted by molar-refractivity contribution is -0.123. The van der Waals surface area contributed by atoms with Gasteiger partial charge in [0.2, 0.25) is 0 Å². The number of nitrogens with zero attached hydrogens (tertiary/aromatic N) is 2. The Hall–Kier alpha value is -2.76. The monoisotopic (exact) mass is 415 g/mol. The Kier molecular flexibility index (Phi) is 6.39. The fourth-order valence-corrected chi connectivity index (χ4v) is 3.30. The average Bonchev–Trinajstić information content (AvgIpc) is 2.95.